The van der Waals surface area contributed by atoms with Crippen molar-refractivity contribution in [1.82, 2.24) is 10.2 Å². The molecule has 2 amide bonds. The number of amides is 2. The number of hydrogen-bond acceptors (Lipinski definition) is 4. The molecule has 32 heavy (non-hydrogen) atoms. The summed E-state index contributed by atoms with van der Waals surface area (Å²) in [7, 11) is -2.31. The van der Waals surface area contributed by atoms with E-state index in [1.807, 2.05) is 13.8 Å². The molecule has 10 heteroatoms. The molecule has 2 rings (SSSR count). The van der Waals surface area contributed by atoms with Crippen LogP contribution >= 0.6 is 23.2 Å². The van der Waals surface area contributed by atoms with Crippen LogP contribution in [0.3, 0.4) is 0 Å². The molecule has 0 aliphatic rings. The first-order valence-electron chi connectivity index (χ1n) is 9.85. The normalized spacial score (nSPS) is 12.2. The summed E-state index contributed by atoms with van der Waals surface area (Å²) in [6.45, 7) is 4.89. The second-order valence-electron chi connectivity index (χ2n) is 7.59. The minimum absolute atomic E-state index is 0.00789. The fourth-order valence-corrected chi connectivity index (χ4v) is 4.43. The van der Waals surface area contributed by atoms with Gasteiger partial charge in [-0.05, 0) is 61.7 Å². The molecule has 174 valence electrons. The highest BCUT2D eigenvalue weighted by molar-refractivity contribution is 7.92. The number of carbonyl (C=O) groups excluding carboxylic acids is 2. The number of nitrogens with one attached hydrogen (secondary N) is 1. The molecule has 0 saturated heterocycles. The Hall–Kier alpha value is -2.29. The van der Waals surface area contributed by atoms with Crippen molar-refractivity contribution in [3.63, 3.8) is 0 Å². The van der Waals surface area contributed by atoms with Gasteiger partial charge in [0.25, 0.3) is 0 Å². The van der Waals surface area contributed by atoms with Gasteiger partial charge in [0.15, 0.2) is 0 Å². The van der Waals surface area contributed by atoms with E-state index in [0.717, 1.165) is 21.7 Å². The maximum Gasteiger partial charge on any atom is 0.244 e. The first-order valence-corrected chi connectivity index (χ1v) is 12.5. The van der Waals surface area contributed by atoms with Crippen LogP contribution in [-0.2, 0) is 26.2 Å². The number of hydrogen-bond donors (Lipinski definition) is 1. The summed E-state index contributed by atoms with van der Waals surface area (Å²) in [6.07, 6.45) is 1.04. The third kappa shape index (κ3) is 6.37. The summed E-state index contributed by atoms with van der Waals surface area (Å²) in [5.74, 6) is -0.934. The third-order valence-corrected chi connectivity index (χ3v) is 6.95. The highest BCUT2D eigenvalue weighted by Crippen LogP contribution is 2.25. The first-order chi connectivity index (χ1) is 14.8. The molecule has 0 aromatic heterocycles. The second kappa shape index (κ2) is 10.6. The van der Waals surface area contributed by atoms with E-state index in [9.17, 15) is 18.0 Å². The van der Waals surface area contributed by atoms with Crippen LogP contribution in [0.15, 0.2) is 36.4 Å². The minimum atomic E-state index is -3.77. The van der Waals surface area contributed by atoms with E-state index in [2.05, 4.69) is 5.32 Å². The largest absolute Gasteiger partial charge is 0.357 e. The molecule has 0 spiro atoms. The zero-order valence-electron chi connectivity index (χ0n) is 18.6. The number of benzene rings is 2. The predicted molar refractivity (Wildman–Crippen MR) is 129 cm³/mol. The van der Waals surface area contributed by atoms with E-state index >= 15 is 0 Å². The van der Waals surface area contributed by atoms with Crippen molar-refractivity contribution >= 4 is 50.7 Å². The van der Waals surface area contributed by atoms with Crippen LogP contribution in [0.2, 0.25) is 10.0 Å². The van der Waals surface area contributed by atoms with Gasteiger partial charge >= 0.3 is 0 Å². The van der Waals surface area contributed by atoms with Crippen molar-refractivity contribution < 1.29 is 18.0 Å². The molecule has 0 fully saturated rings. The molecule has 0 heterocycles. The predicted octanol–water partition coefficient (Wildman–Crippen LogP) is 3.54. The number of anilines is 1. The molecule has 7 nitrogen and oxygen atoms in total. The van der Waals surface area contributed by atoms with Gasteiger partial charge in [-0.15, -0.1) is 0 Å². The summed E-state index contributed by atoms with van der Waals surface area (Å²) >= 11 is 12.2. The zero-order chi connectivity index (χ0) is 24.2. The summed E-state index contributed by atoms with van der Waals surface area (Å²) in [5, 5.41) is 3.30. The number of likely N-dealkylation sites (N-methyl/N-ethyl adjacent to an activating group) is 1. The van der Waals surface area contributed by atoms with E-state index in [-0.39, 0.29) is 12.5 Å². The van der Waals surface area contributed by atoms with Gasteiger partial charge in [0.2, 0.25) is 21.8 Å². The molecule has 1 atom stereocenters. The van der Waals surface area contributed by atoms with E-state index in [0.29, 0.717) is 21.3 Å². The van der Waals surface area contributed by atoms with Gasteiger partial charge in [-0.1, -0.05) is 35.3 Å². The number of sulfonamides is 1. The molecular formula is C22H27Cl2N3O4S. The summed E-state index contributed by atoms with van der Waals surface area (Å²) < 4.78 is 26.1. The lowest BCUT2D eigenvalue weighted by Gasteiger charge is -2.31. The van der Waals surface area contributed by atoms with Gasteiger partial charge < -0.3 is 10.2 Å². The van der Waals surface area contributed by atoms with Crippen molar-refractivity contribution in [1.29, 1.82) is 0 Å². The standard InChI is InChI=1S/C22H27Cl2N3O4S/c1-14-6-9-19(10-15(14)2)27(32(5,30)31)13-21(28)26(16(3)22(29)25-4)12-17-7-8-18(23)11-20(17)24/h6-11,16H,12-13H2,1-5H3,(H,25,29)/t16-/m1/s1. The molecule has 2 aromatic rings. The molecule has 0 bridgehead atoms. The van der Waals surface area contributed by atoms with Crippen molar-refractivity contribution in [3.05, 3.63) is 63.1 Å². The van der Waals surface area contributed by atoms with Crippen LogP contribution in [0, 0.1) is 13.8 Å². The Kier molecular flexibility index (Phi) is 8.56. The molecule has 0 aliphatic carbocycles. The topological polar surface area (TPSA) is 86.8 Å². The summed E-state index contributed by atoms with van der Waals surface area (Å²) in [6, 6.07) is 9.15. The molecular weight excluding hydrogens is 473 g/mol. The number of aryl methyl sites for hydroxylation is 2. The lowest BCUT2D eigenvalue weighted by atomic mass is 10.1. The van der Waals surface area contributed by atoms with Gasteiger partial charge in [0.05, 0.1) is 11.9 Å². The Morgan fingerprint density at radius 3 is 2.25 bits per heavy atom. The fourth-order valence-electron chi connectivity index (χ4n) is 3.12. The molecule has 0 aliphatic heterocycles. The van der Waals surface area contributed by atoms with E-state index in [4.69, 9.17) is 23.2 Å². The van der Waals surface area contributed by atoms with Crippen molar-refractivity contribution in [2.24, 2.45) is 0 Å². The van der Waals surface area contributed by atoms with Crippen LogP contribution in [-0.4, -0.2) is 51.0 Å². The van der Waals surface area contributed by atoms with Crippen LogP contribution in [0.5, 0.6) is 0 Å². The first kappa shape index (κ1) is 26.0. The second-order valence-corrected chi connectivity index (χ2v) is 10.3. The Morgan fingerprint density at radius 2 is 1.72 bits per heavy atom. The fraction of sp³-hybridized carbons (Fsp3) is 0.364. The molecule has 0 saturated carbocycles. The van der Waals surface area contributed by atoms with E-state index < -0.39 is 28.5 Å². The Balaban J connectivity index is 2.43. The average Bonchev–Trinajstić information content (AvgIpc) is 2.71. The monoisotopic (exact) mass is 499 g/mol. The maximum atomic E-state index is 13.3. The van der Waals surface area contributed by atoms with E-state index in [1.165, 1.54) is 11.9 Å². The molecule has 2 aromatic carbocycles. The zero-order valence-corrected chi connectivity index (χ0v) is 21.0. The quantitative estimate of drug-likeness (QED) is 0.601. The lowest BCUT2D eigenvalue weighted by molar-refractivity contribution is -0.139. The summed E-state index contributed by atoms with van der Waals surface area (Å²) in [4.78, 5) is 27.0. The van der Waals surface area contributed by atoms with Gasteiger partial charge in [-0.3, -0.25) is 13.9 Å². The lowest BCUT2D eigenvalue weighted by Crippen LogP contribution is -2.50. The Bertz CT molecular complexity index is 1120. The van der Waals surface area contributed by atoms with Gasteiger partial charge in [-0.2, -0.15) is 0 Å². The SMILES string of the molecule is CNC(=O)[C@@H](C)N(Cc1ccc(Cl)cc1Cl)C(=O)CN(c1ccc(C)c(C)c1)S(C)(=O)=O. The highest BCUT2D eigenvalue weighted by Gasteiger charge is 2.30. The Labute approximate surface area is 199 Å². The third-order valence-electron chi connectivity index (χ3n) is 5.23. The number of halogens is 2. The number of nitrogens with zero attached hydrogens (tertiary/aromatic N) is 2. The van der Waals surface area contributed by atoms with Crippen LogP contribution in [0.1, 0.15) is 23.6 Å². The van der Waals surface area contributed by atoms with Crippen LogP contribution in [0.4, 0.5) is 5.69 Å². The van der Waals surface area contributed by atoms with Crippen LogP contribution in [0.25, 0.3) is 0 Å². The molecule has 1 N–H and O–H groups in total. The number of carbonyl (C=O) groups is 2. The maximum absolute atomic E-state index is 13.3. The van der Waals surface area contributed by atoms with Crippen molar-refractivity contribution in [3.8, 4) is 0 Å². The van der Waals surface area contributed by atoms with Gasteiger partial charge in [-0.25, -0.2) is 8.42 Å². The van der Waals surface area contributed by atoms with Crippen molar-refractivity contribution in [2.45, 2.75) is 33.4 Å². The van der Waals surface area contributed by atoms with Gasteiger partial charge in [0.1, 0.15) is 12.6 Å². The molecule has 0 radical (unpaired) electrons. The average molecular weight is 500 g/mol. The highest BCUT2D eigenvalue weighted by atomic mass is 35.5. The Morgan fingerprint density at radius 1 is 1.06 bits per heavy atom. The van der Waals surface area contributed by atoms with E-state index in [1.54, 1.807) is 43.3 Å². The minimum Gasteiger partial charge on any atom is -0.357 e. The van der Waals surface area contributed by atoms with Crippen LogP contribution < -0.4 is 9.62 Å². The molecule has 0 unspecified atom stereocenters. The van der Waals surface area contributed by atoms with Gasteiger partial charge in [0, 0.05) is 23.6 Å². The number of rotatable bonds is 8. The summed E-state index contributed by atoms with van der Waals surface area (Å²) in [5.41, 5.74) is 2.85. The smallest absolute Gasteiger partial charge is 0.244 e. The van der Waals surface area contributed by atoms with Crippen molar-refractivity contribution in [2.75, 3.05) is 24.2 Å².